The van der Waals surface area contributed by atoms with Crippen LogP contribution in [0.25, 0.3) is 0 Å². The van der Waals surface area contributed by atoms with Crippen LogP contribution in [-0.2, 0) is 4.79 Å². The van der Waals surface area contributed by atoms with Crippen LogP contribution in [-0.4, -0.2) is 42.2 Å². The summed E-state index contributed by atoms with van der Waals surface area (Å²) >= 11 is 0. The van der Waals surface area contributed by atoms with Gasteiger partial charge in [0.1, 0.15) is 0 Å². The first-order valence-corrected chi connectivity index (χ1v) is 5.74. The molecule has 0 aliphatic rings. The molecule has 1 amide bonds. The second-order valence-electron chi connectivity index (χ2n) is 3.92. The zero-order valence-corrected chi connectivity index (χ0v) is 9.91. The molecule has 0 spiro atoms. The van der Waals surface area contributed by atoms with Crippen LogP contribution in [0.5, 0.6) is 0 Å². The van der Waals surface area contributed by atoms with Crippen LogP contribution in [0.15, 0.2) is 0 Å². The lowest BCUT2D eigenvalue weighted by Crippen LogP contribution is -2.33. The van der Waals surface area contributed by atoms with Gasteiger partial charge in [0.25, 0.3) is 0 Å². The summed E-state index contributed by atoms with van der Waals surface area (Å²) in [6, 6.07) is 0. The van der Waals surface area contributed by atoms with Crippen molar-refractivity contribution in [2.75, 3.05) is 26.2 Å². The third-order valence-corrected chi connectivity index (χ3v) is 2.61. The van der Waals surface area contributed by atoms with Crippen molar-refractivity contribution in [3.63, 3.8) is 0 Å². The van der Waals surface area contributed by atoms with Crippen LogP contribution in [0, 0.1) is 5.92 Å². The zero-order valence-electron chi connectivity index (χ0n) is 9.91. The lowest BCUT2D eigenvalue weighted by atomic mass is 10.0. The average molecular weight is 216 g/mol. The van der Waals surface area contributed by atoms with Crippen molar-refractivity contribution in [3.05, 3.63) is 0 Å². The first-order valence-electron chi connectivity index (χ1n) is 5.74. The molecule has 0 aromatic carbocycles. The summed E-state index contributed by atoms with van der Waals surface area (Å²) in [7, 11) is 0. The molecule has 0 bridgehead atoms. The molecule has 1 unspecified atom stereocenters. The molecule has 0 radical (unpaired) electrons. The Bertz CT molecular complexity index is 174. The van der Waals surface area contributed by atoms with Gasteiger partial charge in [-0.05, 0) is 32.2 Å². The molecule has 0 saturated heterocycles. The van der Waals surface area contributed by atoms with Gasteiger partial charge in [0.15, 0.2) is 0 Å². The van der Waals surface area contributed by atoms with Gasteiger partial charge >= 0.3 is 0 Å². The zero-order chi connectivity index (χ0) is 11.7. The molecular weight excluding hydrogens is 192 g/mol. The number of carbonyl (C=O) groups excluding carboxylic acids is 1. The maximum Gasteiger partial charge on any atom is 0.222 e. The van der Waals surface area contributed by atoms with Crippen molar-refractivity contribution in [2.45, 2.75) is 33.1 Å². The highest BCUT2D eigenvalue weighted by Gasteiger charge is 2.12. The van der Waals surface area contributed by atoms with Gasteiger partial charge in [-0.2, -0.15) is 0 Å². The van der Waals surface area contributed by atoms with Gasteiger partial charge in [0, 0.05) is 19.5 Å². The van der Waals surface area contributed by atoms with E-state index in [4.69, 9.17) is 10.8 Å². The topological polar surface area (TPSA) is 66.6 Å². The minimum Gasteiger partial charge on any atom is -0.395 e. The molecule has 0 rings (SSSR count). The van der Waals surface area contributed by atoms with Crippen LogP contribution in [0.2, 0.25) is 0 Å². The van der Waals surface area contributed by atoms with E-state index >= 15 is 0 Å². The molecule has 90 valence electrons. The lowest BCUT2D eigenvalue weighted by Gasteiger charge is -2.20. The highest BCUT2D eigenvalue weighted by atomic mass is 16.3. The van der Waals surface area contributed by atoms with Gasteiger partial charge in [-0.15, -0.1) is 0 Å². The monoisotopic (exact) mass is 216 g/mol. The van der Waals surface area contributed by atoms with Crippen molar-refractivity contribution in [1.82, 2.24) is 4.90 Å². The van der Waals surface area contributed by atoms with Crippen LogP contribution in [0.3, 0.4) is 0 Å². The molecule has 0 aliphatic heterocycles. The fourth-order valence-electron chi connectivity index (χ4n) is 1.54. The number of amides is 1. The molecule has 4 heteroatoms. The third-order valence-electron chi connectivity index (χ3n) is 2.61. The fraction of sp³-hybridized carbons (Fsp3) is 0.909. The highest BCUT2D eigenvalue weighted by molar-refractivity contribution is 5.76. The molecule has 0 aromatic heterocycles. The van der Waals surface area contributed by atoms with E-state index in [0.29, 0.717) is 32.0 Å². The summed E-state index contributed by atoms with van der Waals surface area (Å²) in [4.78, 5) is 13.3. The summed E-state index contributed by atoms with van der Waals surface area (Å²) in [5.74, 6) is 0.641. The van der Waals surface area contributed by atoms with Crippen LogP contribution < -0.4 is 5.73 Å². The van der Waals surface area contributed by atoms with Crippen molar-refractivity contribution >= 4 is 5.91 Å². The van der Waals surface area contributed by atoms with E-state index in [1.165, 1.54) is 0 Å². The quantitative estimate of drug-likeness (QED) is 0.624. The Balaban J connectivity index is 3.79. The van der Waals surface area contributed by atoms with Gasteiger partial charge in [-0.3, -0.25) is 4.79 Å². The molecule has 0 heterocycles. The minimum absolute atomic E-state index is 0.0396. The Morgan fingerprint density at radius 3 is 2.60 bits per heavy atom. The molecule has 15 heavy (non-hydrogen) atoms. The maximum atomic E-state index is 11.7. The van der Waals surface area contributed by atoms with Gasteiger partial charge in [-0.1, -0.05) is 6.92 Å². The third kappa shape index (κ3) is 6.47. The van der Waals surface area contributed by atoms with Gasteiger partial charge in [-0.25, -0.2) is 0 Å². The molecule has 4 nitrogen and oxygen atoms in total. The van der Waals surface area contributed by atoms with E-state index in [1.807, 2.05) is 6.92 Å². The number of nitrogens with two attached hydrogens (primary N) is 1. The summed E-state index contributed by atoms with van der Waals surface area (Å²) in [6.45, 7) is 5.88. The first kappa shape index (κ1) is 14.4. The van der Waals surface area contributed by atoms with Crippen LogP contribution in [0.4, 0.5) is 0 Å². The van der Waals surface area contributed by atoms with Crippen LogP contribution in [0.1, 0.15) is 33.1 Å². The molecule has 0 aromatic rings. The predicted octanol–water partition coefficient (Wildman–Crippen LogP) is 0.592. The van der Waals surface area contributed by atoms with E-state index in [-0.39, 0.29) is 12.5 Å². The number of aliphatic hydroxyl groups excluding tert-OH is 1. The Labute approximate surface area is 92.4 Å². The summed E-state index contributed by atoms with van der Waals surface area (Å²) in [5.41, 5.74) is 5.44. The van der Waals surface area contributed by atoms with E-state index < -0.39 is 0 Å². The summed E-state index contributed by atoms with van der Waals surface area (Å²) in [6.07, 6.45) is 2.42. The molecular formula is C11H24N2O2. The number of aliphatic hydroxyl groups is 1. The van der Waals surface area contributed by atoms with E-state index in [9.17, 15) is 4.79 Å². The second-order valence-corrected chi connectivity index (χ2v) is 3.92. The van der Waals surface area contributed by atoms with Crippen molar-refractivity contribution in [2.24, 2.45) is 11.7 Å². The Morgan fingerprint density at radius 2 is 2.13 bits per heavy atom. The summed E-state index contributed by atoms with van der Waals surface area (Å²) in [5, 5.41) is 8.77. The smallest absolute Gasteiger partial charge is 0.222 e. The number of rotatable bonds is 8. The fourth-order valence-corrected chi connectivity index (χ4v) is 1.54. The maximum absolute atomic E-state index is 11.7. The number of hydrogen-bond acceptors (Lipinski definition) is 3. The second kappa shape index (κ2) is 8.68. The van der Waals surface area contributed by atoms with Crippen molar-refractivity contribution < 1.29 is 9.90 Å². The number of carbonyl (C=O) groups is 1. The van der Waals surface area contributed by atoms with E-state index in [0.717, 1.165) is 12.8 Å². The van der Waals surface area contributed by atoms with Gasteiger partial charge in [0.05, 0.1) is 6.61 Å². The number of nitrogens with zero attached hydrogens (tertiary/aromatic N) is 1. The van der Waals surface area contributed by atoms with Gasteiger partial charge < -0.3 is 15.7 Å². The van der Waals surface area contributed by atoms with Gasteiger partial charge in [0.2, 0.25) is 5.91 Å². The normalized spacial score (nSPS) is 12.5. The lowest BCUT2D eigenvalue weighted by molar-refractivity contribution is -0.131. The Morgan fingerprint density at radius 1 is 1.47 bits per heavy atom. The Kier molecular flexibility index (Phi) is 8.33. The van der Waals surface area contributed by atoms with Crippen molar-refractivity contribution in [1.29, 1.82) is 0 Å². The number of likely N-dealkylation sites (N-methyl/N-ethyl adjacent to an activating group) is 1. The van der Waals surface area contributed by atoms with E-state index in [1.54, 1.807) is 4.90 Å². The SMILES string of the molecule is CCN(CCO)C(=O)CCC(C)CCN. The largest absolute Gasteiger partial charge is 0.395 e. The molecule has 3 N–H and O–H groups in total. The summed E-state index contributed by atoms with van der Waals surface area (Å²) < 4.78 is 0. The highest BCUT2D eigenvalue weighted by Crippen LogP contribution is 2.10. The van der Waals surface area contributed by atoms with Crippen LogP contribution >= 0.6 is 0 Å². The molecule has 1 atom stereocenters. The standard InChI is InChI=1S/C11H24N2O2/c1-3-13(8-9-14)11(15)5-4-10(2)6-7-12/h10,14H,3-9,12H2,1-2H3. The first-order chi connectivity index (χ1) is 7.15. The number of hydrogen-bond donors (Lipinski definition) is 2. The molecule has 0 fully saturated rings. The minimum atomic E-state index is 0.0396. The van der Waals surface area contributed by atoms with Crippen molar-refractivity contribution in [3.8, 4) is 0 Å². The Hall–Kier alpha value is -0.610. The molecule has 0 aliphatic carbocycles. The average Bonchev–Trinajstić information content (AvgIpc) is 2.23. The molecule has 0 saturated carbocycles. The predicted molar refractivity (Wildman–Crippen MR) is 61.4 cm³/mol. The van der Waals surface area contributed by atoms with E-state index in [2.05, 4.69) is 6.92 Å².